The van der Waals surface area contributed by atoms with Crippen molar-refractivity contribution in [3.05, 3.63) is 11.6 Å². The van der Waals surface area contributed by atoms with Gasteiger partial charge in [0.25, 0.3) is 0 Å². The third kappa shape index (κ3) is 7.19. The molecule has 5 heterocycles. The van der Waals surface area contributed by atoms with Gasteiger partial charge in [-0.1, -0.05) is 39.3 Å². The minimum atomic E-state index is -1.77. The molecule has 2 spiro atoms. The van der Waals surface area contributed by atoms with Gasteiger partial charge in [-0.05, 0) is 93.3 Å². The monoisotopic (exact) mass is 898 g/mol. The molecule has 0 radical (unpaired) electrons. The molecule has 5 aliphatic heterocycles. The molecular weight excluding hydrogens is 824 g/mol. The van der Waals surface area contributed by atoms with Gasteiger partial charge >= 0.3 is 0 Å². The molecule has 24 atom stereocenters. The first-order valence-electron chi connectivity index (χ1n) is 23.4. The zero-order chi connectivity index (χ0) is 45.4. The van der Waals surface area contributed by atoms with Gasteiger partial charge in [0.2, 0.25) is 0 Å². The van der Waals surface area contributed by atoms with Gasteiger partial charge in [0.1, 0.15) is 61.0 Å². The normalized spacial score (nSPS) is 57.4. The fourth-order valence-corrected chi connectivity index (χ4v) is 15.5. The van der Waals surface area contributed by atoms with E-state index in [4.69, 9.17) is 37.9 Å². The van der Waals surface area contributed by atoms with Crippen LogP contribution in [0, 0.1) is 45.3 Å². The minimum absolute atomic E-state index is 0.0345. The van der Waals surface area contributed by atoms with Crippen LogP contribution in [0.25, 0.3) is 0 Å². The van der Waals surface area contributed by atoms with E-state index < -0.39 is 105 Å². The second-order valence-corrected chi connectivity index (χ2v) is 22.5. The van der Waals surface area contributed by atoms with Crippen molar-refractivity contribution in [3.8, 4) is 0 Å². The standard InChI is InChI=1S/C46H74O17/c1-21(2)14-22-15-44(7,55)37-23-8-9-28-42(5)12-11-29(41(3,4)27(42)10-13-43(28,6)45(23)19-46(37,63-22)58-20-45)60-39-34(54)35(25(49)18-57-39)61-40-36(32(52)31(51)26(16-47)59-40)62-38-33(53)30(50)24(48)17-56-38/h14,22-40,47-55H,8-13,15-20H2,1-7H3. The average molecular weight is 899 g/mol. The van der Waals surface area contributed by atoms with Gasteiger partial charge in [-0.15, -0.1) is 0 Å². The van der Waals surface area contributed by atoms with E-state index in [9.17, 15) is 46.0 Å². The molecule has 4 saturated carbocycles. The lowest BCUT2D eigenvalue weighted by molar-refractivity contribution is -0.381. The Morgan fingerprint density at radius 3 is 2.10 bits per heavy atom. The molecule has 0 amide bonds. The molecular formula is C46H74O17. The van der Waals surface area contributed by atoms with Crippen LogP contribution >= 0.6 is 0 Å². The lowest BCUT2D eigenvalue weighted by Gasteiger charge is -2.70. The van der Waals surface area contributed by atoms with Gasteiger partial charge in [0.15, 0.2) is 24.7 Å². The van der Waals surface area contributed by atoms with E-state index in [0.717, 1.165) is 44.1 Å². The average Bonchev–Trinajstić information content (AvgIpc) is 3.73. The number of aliphatic hydroxyl groups is 9. The van der Waals surface area contributed by atoms with Crippen molar-refractivity contribution >= 4 is 0 Å². The summed E-state index contributed by atoms with van der Waals surface area (Å²) in [7, 11) is 0. The topological polar surface area (TPSA) is 256 Å². The molecule has 24 unspecified atom stereocenters. The first-order valence-corrected chi connectivity index (χ1v) is 23.4. The van der Waals surface area contributed by atoms with E-state index >= 15 is 0 Å². The summed E-state index contributed by atoms with van der Waals surface area (Å²) >= 11 is 0. The van der Waals surface area contributed by atoms with Gasteiger partial charge in [-0.2, -0.15) is 0 Å². The number of fused-ring (bicyclic) bond motifs is 4. The number of ether oxygens (including phenoxy) is 8. The van der Waals surface area contributed by atoms with Gasteiger partial charge in [-0.3, -0.25) is 0 Å². The summed E-state index contributed by atoms with van der Waals surface area (Å²) in [5.74, 6) is 0.0900. The summed E-state index contributed by atoms with van der Waals surface area (Å²) in [6.45, 7) is 14.8. The molecule has 5 saturated heterocycles. The van der Waals surface area contributed by atoms with E-state index in [1.165, 1.54) is 0 Å². The Bertz CT molecular complexity index is 1710. The maximum absolute atomic E-state index is 12.2. The molecule has 4 aliphatic carbocycles. The van der Waals surface area contributed by atoms with E-state index in [-0.39, 0.29) is 52.3 Å². The third-order valence-corrected chi connectivity index (χ3v) is 18.4. The highest BCUT2D eigenvalue weighted by molar-refractivity contribution is 5.26. The molecule has 0 aromatic rings. The van der Waals surface area contributed by atoms with Crippen LogP contribution in [0.3, 0.4) is 0 Å². The summed E-state index contributed by atoms with van der Waals surface area (Å²) in [5, 5.41) is 97.7. The second kappa shape index (κ2) is 16.4. The van der Waals surface area contributed by atoms with Crippen molar-refractivity contribution in [2.24, 2.45) is 45.3 Å². The van der Waals surface area contributed by atoms with Crippen molar-refractivity contribution in [1.82, 2.24) is 0 Å². The van der Waals surface area contributed by atoms with Crippen LogP contribution in [0.15, 0.2) is 11.6 Å². The van der Waals surface area contributed by atoms with Crippen LogP contribution in [0.2, 0.25) is 0 Å². The molecule has 17 nitrogen and oxygen atoms in total. The smallest absolute Gasteiger partial charge is 0.187 e. The molecule has 9 rings (SSSR count). The largest absolute Gasteiger partial charge is 0.394 e. The fraction of sp³-hybridized carbons (Fsp3) is 0.957. The zero-order valence-corrected chi connectivity index (χ0v) is 37.8. The summed E-state index contributed by atoms with van der Waals surface area (Å²) in [6, 6.07) is 0. The van der Waals surface area contributed by atoms with Crippen LogP contribution in [0.4, 0.5) is 0 Å². The first kappa shape index (κ1) is 47.1. The van der Waals surface area contributed by atoms with Gasteiger partial charge < -0.3 is 83.9 Å². The van der Waals surface area contributed by atoms with Gasteiger partial charge in [-0.25, -0.2) is 0 Å². The van der Waals surface area contributed by atoms with Crippen molar-refractivity contribution < 1.29 is 83.9 Å². The Hall–Kier alpha value is -0.940. The van der Waals surface area contributed by atoms with Gasteiger partial charge in [0.05, 0.1) is 44.2 Å². The van der Waals surface area contributed by atoms with Gasteiger partial charge in [0, 0.05) is 24.2 Å². The Morgan fingerprint density at radius 2 is 1.40 bits per heavy atom. The van der Waals surface area contributed by atoms with Crippen molar-refractivity contribution in [2.75, 3.05) is 26.4 Å². The maximum atomic E-state index is 12.2. The Kier molecular flexibility index (Phi) is 12.2. The van der Waals surface area contributed by atoms with Crippen molar-refractivity contribution in [1.29, 1.82) is 0 Å². The first-order chi connectivity index (χ1) is 29.5. The summed E-state index contributed by atoms with van der Waals surface area (Å²) in [4.78, 5) is 0. The highest BCUT2D eigenvalue weighted by atomic mass is 16.8. The van der Waals surface area contributed by atoms with E-state index in [1.54, 1.807) is 0 Å². The Balaban J connectivity index is 0.906. The minimum Gasteiger partial charge on any atom is -0.394 e. The highest BCUT2D eigenvalue weighted by Gasteiger charge is 2.81. The molecule has 9 fully saturated rings. The van der Waals surface area contributed by atoms with Crippen LogP contribution in [0.1, 0.15) is 99.8 Å². The van der Waals surface area contributed by atoms with Crippen LogP contribution in [-0.4, -0.2) is 176 Å². The second-order valence-electron chi connectivity index (χ2n) is 22.5. The predicted molar refractivity (Wildman–Crippen MR) is 219 cm³/mol. The van der Waals surface area contributed by atoms with Crippen LogP contribution in [-0.2, 0) is 37.9 Å². The molecule has 9 N–H and O–H groups in total. The molecule has 0 aromatic heterocycles. The maximum Gasteiger partial charge on any atom is 0.187 e. The predicted octanol–water partition coefficient (Wildman–Crippen LogP) is 0.606. The van der Waals surface area contributed by atoms with Crippen molar-refractivity contribution in [2.45, 2.75) is 203 Å². The number of aliphatic hydroxyl groups excluding tert-OH is 8. The summed E-state index contributed by atoms with van der Waals surface area (Å²) in [6.07, 6.45) is -11.4. The van der Waals surface area contributed by atoms with E-state index in [2.05, 4.69) is 47.6 Å². The number of rotatable bonds is 8. The molecule has 17 heteroatoms. The quantitative estimate of drug-likeness (QED) is 0.120. The number of hydrogen-bond donors (Lipinski definition) is 9. The number of allylic oxidation sites excluding steroid dienone is 1. The SMILES string of the molecule is CC(C)=CC1CC(C)(O)C2C3CCC4C5(C)CCC(OC6OCC(O)C(OC7OC(CO)C(O)C(O)C7OC7OCC(O)C(O)C7O)C6O)C(C)(C)C5CCC4(C)C34COC2(C4)O1. The number of hydrogen-bond acceptors (Lipinski definition) is 17. The molecule has 0 aromatic carbocycles. The Labute approximate surface area is 369 Å². The van der Waals surface area contributed by atoms with Crippen LogP contribution < -0.4 is 0 Å². The van der Waals surface area contributed by atoms with Crippen molar-refractivity contribution in [3.63, 3.8) is 0 Å². The Morgan fingerprint density at radius 1 is 0.714 bits per heavy atom. The molecule has 360 valence electrons. The van der Waals surface area contributed by atoms with Crippen LogP contribution in [0.5, 0.6) is 0 Å². The zero-order valence-electron chi connectivity index (χ0n) is 37.8. The molecule has 2 bridgehead atoms. The summed E-state index contributed by atoms with van der Waals surface area (Å²) < 4.78 is 49.6. The highest BCUT2D eigenvalue weighted by Crippen LogP contribution is 2.80. The third-order valence-electron chi connectivity index (χ3n) is 18.4. The fourth-order valence-electron chi connectivity index (χ4n) is 15.5. The lowest BCUT2D eigenvalue weighted by Crippen LogP contribution is -2.67. The molecule has 9 aliphatic rings. The molecule has 63 heavy (non-hydrogen) atoms. The van der Waals surface area contributed by atoms with E-state index in [0.29, 0.717) is 31.3 Å². The summed E-state index contributed by atoms with van der Waals surface area (Å²) in [5.41, 5.74) is -0.300. The lowest BCUT2D eigenvalue weighted by atomic mass is 9.35. The van der Waals surface area contributed by atoms with E-state index in [1.807, 2.05) is 6.92 Å².